The first-order chi connectivity index (χ1) is 8.62. The van der Waals surface area contributed by atoms with Gasteiger partial charge in [-0.2, -0.15) is 0 Å². The Kier molecular flexibility index (Phi) is 4.40. The highest BCUT2D eigenvalue weighted by atomic mass is 32.2. The van der Waals surface area contributed by atoms with Gasteiger partial charge in [0, 0.05) is 24.8 Å². The highest BCUT2D eigenvalue weighted by Gasteiger charge is 2.24. The summed E-state index contributed by atoms with van der Waals surface area (Å²) in [5.41, 5.74) is 2.85. The van der Waals surface area contributed by atoms with Gasteiger partial charge in [0.05, 0.1) is 5.75 Å². The Labute approximate surface area is 110 Å². The van der Waals surface area contributed by atoms with Gasteiger partial charge in [-0.3, -0.25) is 0 Å². The fraction of sp³-hybridized carbons (Fsp3) is 0.571. The molecule has 1 aliphatic carbocycles. The van der Waals surface area contributed by atoms with Crippen molar-refractivity contribution in [1.29, 1.82) is 0 Å². The number of hydrogen-bond donors (Lipinski definition) is 1. The summed E-state index contributed by atoms with van der Waals surface area (Å²) in [4.78, 5) is 0. The molecule has 1 unspecified atom stereocenters. The molecule has 0 fully saturated rings. The number of benzene rings is 1. The van der Waals surface area contributed by atoms with Crippen molar-refractivity contribution in [2.75, 3.05) is 24.6 Å². The third-order valence-corrected chi connectivity index (χ3v) is 5.31. The predicted octanol–water partition coefficient (Wildman–Crippen LogP) is 1.74. The van der Waals surface area contributed by atoms with Crippen LogP contribution in [0.15, 0.2) is 24.3 Å². The molecule has 2 rings (SSSR count). The molecular formula is C14H21NO2S. The molecule has 0 saturated heterocycles. The van der Waals surface area contributed by atoms with Crippen LogP contribution in [0.5, 0.6) is 0 Å². The summed E-state index contributed by atoms with van der Waals surface area (Å²) in [6.45, 7) is 3.36. The lowest BCUT2D eigenvalue weighted by Crippen LogP contribution is -2.32. The summed E-state index contributed by atoms with van der Waals surface area (Å²) in [5.74, 6) is 1.13. The van der Waals surface area contributed by atoms with Crippen molar-refractivity contribution in [3.63, 3.8) is 0 Å². The van der Waals surface area contributed by atoms with Crippen molar-refractivity contribution in [2.45, 2.75) is 25.7 Å². The van der Waals surface area contributed by atoms with Gasteiger partial charge in [-0.1, -0.05) is 31.2 Å². The van der Waals surface area contributed by atoms with Crippen molar-refractivity contribution < 1.29 is 8.42 Å². The van der Waals surface area contributed by atoms with E-state index in [9.17, 15) is 8.42 Å². The molecule has 100 valence electrons. The summed E-state index contributed by atoms with van der Waals surface area (Å²) in [6, 6.07) is 8.47. The summed E-state index contributed by atoms with van der Waals surface area (Å²) in [7, 11) is -2.84. The van der Waals surface area contributed by atoms with E-state index >= 15 is 0 Å². The molecule has 0 saturated carbocycles. The third-order valence-electron chi connectivity index (χ3n) is 3.46. The molecule has 0 amide bonds. The average molecular weight is 267 g/mol. The Hall–Kier alpha value is -0.870. The first kappa shape index (κ1) is 13.6. The molecule has 18 heavy (non-hydrogen) atoms. The highest BCUT2D eigenvalue weighted by Crippen LogP contribution is 2.33. The van der Waals surface area contributed by atoms with Crippen LogP contribution < -0.4 is 5.32 Å². The van der Waals surface area contributed by atoms with Crippen LogP contribution in [0.3, 0.4) is 0 Å². The van der Waals surface area contributed by atoms with Crippen LogP contribution >= 0.6 is 0 Å². The molecule has 1 atom stereocenters. The van der Waals surface area contributed by atoms with Crippen LogP contribution in [0, 0.1) is 0 Å². The Balaban J connectivity index is 1.69. The van der Waals surface area contributed by atoms with Crippen molar-refractivity contribution in [3.05, 3.63) is 35.4 Å². The maximum atomic E-state index is 11.5. The van der Waals surface area contributed by atoms with E-state index in [0.29, 0.717) is 24.6 Å². The molecule has 0 bridgehead atoms. The van der Waals surface area contributed by atoms with E-state index in [4.69, 9.17) is 0 Å². The Morgan fingerprint density at radius 2 is 2.06 bits per heavy atom. The van der Waals surface area contributed by atoms with Gasteiger partial charge in [0.2, 0.25) is 0 Å². The van der Waals surface area contributed by atoms with Crippen LogP contribution in [0.1, 0.15) is 30.4 Å². The summed E-state index contributed by atoms with van der Waals surface area (Å²) in [5, 5.41) is 3.26. The molecule has 1 aromatic rings. The zero-order valence-electron chi connectivity index (χ0n) is 10.9. The zero-order chi connectivity index (χ0) is 13.0. The van der Waals surface area contributed by atoms with E-state index in [1.807, 2.05) is 6.92 Å². The Bertz CT molecular complexity index is 496. The number of nitrogens with one attached hydrogen (secondary N) is 1. The first-order valence-corrected chi connectivity index (χ1v) is 8.43. The molecular weight excluding hydrogens is 246 g/mol. The second-order valence-electron chi connectivity index (χ2n) is 4.96. The molecule has 0 aromatic heterocycles. The lowest BCUT2D eigenvalue weighted by Gasteiger charge is -2.30. The van der Waals surface area contributed by atoms with Crippen LogP contribution in [0.2, 0.25) is 0 Å². The van der Waals surface area contributed by atoms with Gasteiger partial charge in [-0.05, 0) is 24.0 Å². The molecule has 1 aliphatic rings. The summed E-state index contributed by atoms with van der Waals surface area (Å²) >= 11 is 0. The predicted molar refractivity (Wildman–Crippen MR) is 74.7 cm³/mol. The molecule has 1 N–H and O–H groups in total. The third kappa shape index (κ3) is 3.33. The van der Waals surface area contributed by atoms with E-state index < -0.39 is 9.84 Å². The minimum Gasteiger partial charge on any atom is -0.315 e. The zero-order valence-corrected chi connectivity index (χ0v) is 11.7. The van der Waals surface area contributed by atoms with Gasteiger partial charge in [0.25, 0.3) is 0 Å². The SMILES string of the molecule is CCCS(=O)(=O)CCNCC1Cc2ccccc21. The maximum absolute atomic E-state index is 11.5. The van der Waals surface area contributed by atoms with Gasteiger partial charge in [-0.25, -0.2) is 8.42 Å². The monoisotopic (exact) mass is 267 g/mol. The second kappa shape index (κ2) is 5.85. The van der Waals surface area contributed by atoms with E-state index in [2.05, 4.69) is 29.6 Å². The lowest BCUT2D eigenvalue weighted by atomic mass is 9.78. The maximum Gasteiger partial charge on any atom is 0.151 e. The number of rotatable bonds is 7. The normalized spacial score (nSPS) is 18.2. The van der Waals surface area contributed by atoms with E-state index in [1.165, 1.54) is 11.1 Å². The molecule has 0 aliphatic heterocycles. The molecule has 0 heterocycles. The topological polar surface area (TPSA) is 46.2 Å². The molecule has 4 heteroatoms. The summed E-state index contributed by atoms with van der Waals surface area (Å²) in [6.07, 6.45) is 1.82. The Morgan fingerprint density at radius 1 is 1.28 bits per heavy atom. The number of sulfone groups is 1. The average Bonchev–Trinajstić information content (AvgIpc) is 2.29. The van der Waals surface area contributed by atoms with E-state index in [0.717, 1.165) is 13.0 Å². The fourth-order valence-corrected chi connectivity index (χ4v) is 3.74. The lowest BCUT2D eigenvalue weighted by molar-refractivity contribution is 0.542. The van der Waals surface area contributed by atoms with Crippen molar-refractivity contribution >= 4 is 9.84 Å². The number of fused-ring (bicyclic) bond motifs is 1. The molecule has 0 spiro atoms. The highest BCUT2D eigenvalue weighted by molar-refractivity contribution is 7.91. The second-order valence-corrected chi connectivity index (χ2v) is 7.26. The van der Waals surface area contributed by atoms with Crippen molar-refractivity contribution in [3.8, 4) is 0 Å². The smallest absolute Gasteiger partial charge is 0.151 e. The largest absolute Gasteiger partial charge is 0.315 e. The quantitative estimate of drug-likeness (QED) is 0.765. The van der Waals surface area contributed by atoms with Gasteiger partial charge in [-0.15, -0.1) is 0 Å². The van der Waals surface area contributed by atoms with Gasteiger partial charge in [0.1, 0.15) is 0 Å². The van der Waals surface area contributed by atoms with Crippen LogP contribution in [0.4, 0.5) is 0 Å². The van der Waals surface area contributed by atoms with Gasteiger partial charge >= 0.3 is 0 Å². The van der Waals surface area contributed by atoms with Crippen LogP contribution in [0.25, 0.3) is 0 Å². The van der Waals surface area contributed by atoms with Crippen LogP contribution in [-0.2, 0) is 16.3 Å². The van der Waals surface area contributed by atoms with E-state index in [-0.39, 0.29) is 5.75 Å². The minimum atomic E-state index is -2.84. The van der Waals surface area contributed by atoms with Crippen molar-refractivity contribution in [1.82, 2.24) is 5.32 Å². The number of hydrogen-bond acceptors (Lipinski definition) is 3. The first-order valence-electron chi connectivity index (χ1n) is 6.61. The van der Waals surface area contributed by atoms with Gasteiger partial charge < -0.3 is 5.32 Å². The van der Waals surface area contributed by atoms with Crippen molar-refractivity contribution in [2.24, 2.45) is 0 Å². The van der Waals surface area contributed by atoms with Crippen LogP contribution in [-0.4, -0.2) is 33.0 Å². The van der Waals surface area contributed by atoms with Gasteiger partial charge in [0.15, 0.2) is 9.84 Å². The molecule has 3 nitrogen and oxygen atoms in total. The molecule has 0 radical (unpaired) electrons. The fourth-order valence-electron chi connectivity index (χ4n) is 2.46. The molecule has 1 aromatic carbocycles. The summed E-state index contributed by atoms with van der Waals surface area (Å²) < 4.78 is 23.0. The van der Waals surface area contributed by atoms with E-state index in [1.54, 1.807) is 0 Å². The standard InChI is InChI=1S/C14H21NO2S/c1-2-8-18(16,17)9-7-15-11-13-10-12-5-3-4-6-14(12)13/h3-6,13,15H,2,7-11H2,1H3. The Morgan fingerprint density at radius 3 is 2.78 bits per heavy atom. The minimum absolute atomic E-state index is 0.259.